The molecule has 5 atom stereocenters. The van der Waals surface area contributed by atoms with Gasteiger partial charge in [0.05, 0.1) is 26.4 Å². The van der Waals surface area contributed by atoms with E-state index in [1.807, 2.05) is 0 Å². The summed E-state index contributed by atoms with van der Waals surface area (Å²) in [7, 11) is -9.91. The minimum atomic E-state index is -4.96. The van der Waals surface area contributed by atoms with E-state index in [1.54, 1.807) is 0 Å². The van der Waals surface area contributed by atoms with Crippen LogP contribution in [0.4, 0.5) is 0 Å². The lowest BCUT2D eigenvalue weighted by Gasteiger charge is -2.21. The number of hydrogen-bond acceptors (Lipinski definition) is 15. The van der Waals surface area contributed by atoms with E-state index in [1.165, 1.54) is 212 Å². The molecule has 19 heteroatoms. The standard InChI is InChI=1S/C76H148O17P2/c1-7-9-11-13-15-17-19-21-22-23-24-25-29-36-42-48-54-60-75(80)92-71(64-87-74(79)59-53-47-41-35-30-26-27-32-38-44-50-56-68(3)4)66-90-94(82,83)88-62-70(77)63-89-95(84,85)91-67-72(93-76(81)61-55-49-43-37-31-33-39-45-51-57-69(5)6)65-86-73(78)58-52-46-40-34-28-20-18-16-14-12-10-8-2/h68-72,77H,7-67H2,1-6H3,(H,82,83)(H,84,85)/t70-,71-,72-/m1/s1. The maximum atomic E-state index is 13.1. The summed E-state index contributed by atoms with van der Waals surface area (Å²) in [6.07, 6.45) is 55.4. The van der Waals surface area contributed by atoms with Gasteiger partial charge >= 0.3 is 39.5 Å². The van der Waals surface area contributed by atoms with Gasteiger partial charge in [-0.3, -0.25) is 37.3 Å². The van der Waals surface area contributed by atoms with E-state index in [9.17, 15) is 43.2 Å². The Bertz CT molecular complexity index is 1840. The highest BCUT2D eigenvalue weighted by atomic mass is 31.2. The predicted molar refractivity (Wildman–Crippen MR) is 386 cm³/mol. The van der Waals surface area contributed by atoms with Crippen LogP contribution in [-0.4, -0.2) is 96.7 Å². The van der Waals surface area contributed by atoms with Gasteiger partial charge < -0.3 is 33.8 Å². The van der Waals surface area contributed by atoms with Crippen LogP contribution in [-0.2, 0) is 65.4 Å². The Morgan fingerprint density at radius 3 is 0.716 bits per heavy atom. The van der Waals surface area contributed by atoms with Gasteiger partial charge in [-0.05, 0) is 37.5 Å². The lowest BCUT2D eigenvalue weighted by atomic mass is 10.0. The van der Waals surface area contributed by atoms with Crippen molar-refractivity contribution in [3.05, 3.63) is 0 Å². The number of unbranched alkanes of at least 4 members (excludes halogenated alkanes) is 45. The van der Waals surface area contributed by atoms with Gasteiger partial charge in [0, 0.05) is 25.7 Å². The van der Waals surface area contributed by atoms with Crippen LogP contribution < -0.4 is 0 Å². The van der Waals surface area contributed by atoms with Crippen molar-refractivity contribution in [1.82, 2.24) is 0 Å². The van der Waals surface area contributed by atoms with Crippen molar-refractivity contribution >= 4 is 39.5 Å². The van der Waals surface area contributed by atoms with E-state index >= 15 is 0 Å². The summed E-state index contributed by atoms with van der Waals surface area (Å²) in [4.78, 5) is 72.8. The first kappa shape index (κ1) is 93.1. The third kappa shape index (κ3) is 70.3. The number of aliphatic hydroxyl groups is 1. The quantitative estimate of drug-likeness (QED) is 0.0222. The van der Waals surface area contributed by atoms with Crippen LogP contribution in [0.25, 0.3) is 0 Å². The Balaban J connectivity index is 5.25. The van der Waals surface area contributed by atoms with Gasteiger partial charge in [0.2, 0.25) is 0 Å². The summed E-state index contributed by atoms with van der Waals surface area (Å²) in [5, 5.41) is 10.6. The molecule has 0 saturated heterocycles. The molecule has 95 heavy (non-hydrogen) atoms. The molecule has 0 saturated carbocycles. The summed E-state index contributed by atoms with van der Waals surface area (Å²) in [5.41, 5.74) is 0. The number of rotatable bonds is 75. The van der Waals surface area contributed by atoms with Gasteiger partial charge in [-0.15, -0.1) is 0 Å². The summed E-state index contributed by atoms with van der Waals surface area (Å²) < 4.78 is 68.5. The molecule has 0 fully saturated rings. The Kier molecular flexibility index (Phi) is 66.5. The van der Waals surface area contributed by atoms with Crippen molar-refractivity contribution < 1.29 is 80.2 Å². The molecule has 0 amide bonds. The van der Waals surface area contributed by atoms with Crippen molar-refractivity contribution in [1.29, 1.82) is 0 Å². The topological polar surface area (TPSA) is 237 Å². The zero-order chi connectivity index (χ0) is 70.0. The molecule has 0 heterocycles. The van der Waals surface area contributed by atoms with Crippen LogP contribution in [0.2, 0.25) is 0 Å². The highest BCUT2D eigenvalue weighted by molar-refractivity contribution is 7.47. The average molecular weight is 1400 g/mol. The minimum Gasteiger partial charge on any atom is -0.462 e. The largest absolute Gasteiger partial charge is 0.472 e. The molecule has 564 valence electrons. The SMILES string of the molecule is CCCCCCCCCCCCCCCCCCCC(=O)O[C@H](COC(=O)CCCCCCCCCCCCCC(C)C)COP(=O)(O)OC[C@@H](O)COP(=O)(O)OC[C@@H](COC(=O)CCCCCCCCCCCCCC)OC(=O)CCCCCCCCCCCC(C)C. The van der Waals surface area contributed by atoms with Gasteiger partial charge in [-0.25, -0.2) is 9.13 Å². The summed E-state index contributed by atoms with van der Waals surface area (Å²) in [6, 6.07) is 0. The van der Waals surface area contributed by atoms with Gasteiger partial charge in [0.15, 0.2) is 12.2 Å². The molecule has 0 radical (unpaired) electrons. The number of phosphoric acid groups is 2. The van der Waals surface area contributed by atoms with E-state index in [4.69, 9.17) is 37.0 Å². The second-order valence-corrected chi connectivity index (χ2v) is 31.3. The Labute approximate surface area is 581 Å². The van der Waals surface area contributed by atoms with Crippen LogP contribution >= 0.6 is 15.6 Å². The molecule has 0 aromatic rings. The fourth-order valence-corrected chi connectivity index (χ4v) is 13.2. The number of phosphoric ester groups is 2. The van der Waals surface area contributed by atoms with E-state index < -0.39 is 97.5 Å². The first-order chi connectivity index (χ1) is 45.9. The second-order valence-electron chi connectivity index (χ2n) is 28.3. The van der Waals surface area contributed by atoms with Gasteiger partial charge in [0.25, 0.3) is 0 Å². The molecule has 0 spiro atoms. The monoisotopic (exact) mass is 1400 g/mol. The zero-order valence-electron chi connectivity index (χ0n) is 62.0. The molecule has 3 N–H and O–H groups in total. The number of hydrogen-bond donors (Lipinski definition) is 3. The number of carbonyl (C=O) groups is 4. The molecule has 0 aliphatic carbocycles. The third-order valence-corrected chi connectivity index (χ3v) is 19.6. The summed E-state index contributed by atoms with van der Waals surface area (Å²) in [5.74, 6) is -0.606. The van der Waals surface area contributed by atoms with Crippen molar-refractivity contribution in [2.24, 2.45) is 11.8 Å². The van der Waals surface area contributed by atoms with Crippen molar-refractivity contribution in [3.63, 3.8) is 0 Å². The fraction of sp³-hybridized carbons (Fsp3) is 0.947. The van der Waals surface area contributed by atoms with Gasteiger partial charge in [-0.2, -0.15) is 0 Å². The highest BCUT2D eigenvalue weighted by Gasteiger charge is 2.30. The first-order valence-electron chi connectivity index (χ1n) is 39.5. The molecular weight excluding hydrogens is 1250 g/mol. The Morgan fingerprint density at radius 1 is 0.284 bits per heavy atom. The number of carbonyl (C=O) groups excluding carboxylic acids is 4. The van der Waals surface area contributed by atoms with Gasteiger partial charge in [-0.1, -0.05) is 343 Å². The smallest absolute Gasteiger partial charge is 0.462 e. The predicted octanol–water partition coefficient (Wildman–Crippen LogP) is 22.3. The van der Waals surface area contributed by atoms with Crippen LogP contribution in [0.1, 0.15) is 395 Å². The van der Waals surface area contributed by atoms with E-state index in [2.05, 4.69) is 41.5 Å². The fourth-order valence-electron chi connectivity index (χ4n) is 11.7. The molecule has 0 aliphatic rings. The molecule has 0 aliphatic heterocycles. The molecule has 17 nitrogen and oxygen atoms in total. The molecule has 0 bridgehead atoms. The lowest BCUT2D eigenvalue weighted by molar-refractivity contribution is -0.161. The third-order valence-electron chi connectivity index (χ3n) is 17.7. The molecule has 2 unspecified atom stereocenters. The number of ether oxygens (including phenoxy) is 4. The van der Waals surface area contributed by atoms with Crippen molar-refractivity contribution in [2.45, 2.75) is 413 Å². The molecule has 0 aromatic heterocycles. The molecular formula is C76H148O17P2. The summed E-state index contributed by atoms with van der Waals surface area (Å²) in [6.45, 7) is 9.58. The lowest BCUT2D eigenvalue weighted by Crippen LogP contribution is -2.30. The van der Waals surface area contributed by atoms with E-state index in [0.29, 0.717) is 25.7 Å². The Hall–Kier alpha value is -1.94. The van der Waals surface area contributed by atoms with Crippen molar-refractivity contribution in [2.75, 3.05) is 39.6 Å². The van der Waals surface area contributed by atoms with Crippen LogP contribution in [0.5, 0.6) is 0 Å². The first-order valence-corrected chi connectivity index (χ1v) is 42.5. The van der Waals surface area contributed by atoms with Gasteiger partial charge in [0.1, 0.15) is 19.3 Å². The Morgan fingerprint density at radius 2 is 0.484 bits per heavy atom. The average Bonchev–Trinajstić information content (AvgIpc) is 1.50. The highest BCUT2D eigenvalue weighted by Crippen LogP contribution is 2.45. The maximum absolute atomic E-state index is 13.1. The zero-order valence-corrected chi connectivity index (χ0v) is 63.8. The van der Waals surface area contributed by atoms with E-state index in [-0.39, 0.29) is 25.7 Å². The van der Waals surface area contributed by atoms with Crippen LogP contribution in [0.15, 0.2) is 0 Å². The van der Waals surface area contributed by atoms with Crippen molar-refractivity contribution in [3.8, 4) is 0 Å². The van der Waals surface area contributed by atoms with E-state index in [0.717, 1.165) is 102 Å². The maximum Gasteiger partial charge on any atom is 0.472 e. The number of aliphatic hydroxyl groups excluding tert-OH is 1. The van der Waals surface area contributed by atoms with Crippen LogP contribution in [0, 0.1) is 11.8 Å². The normalized spacial score (nSPS) is 14.0. The number of esters is 4. The second kappa shape index (κ2) is 67.9. The molecule has 0 rings (SSSR count). The molecule has 0 aromatic carbocycles. The summed E-state index contributed by atoms with van der Waals surface area (Å²) >= 11 is 0. The minimum absolute atomic E-state index is 0.106. The van der Waals surface area contributed by atoms with Crippen LogP contribution in [0.3, 0.4) is 0 Å².